The number of hydrogen-bond donors (Lipinski definition) is 2. The third-order valence-corrected chi connectivity index (χ3v) is 16.3. The SMILES string of the molecule is CCC[C@@H]1c2c(cc(C(=O)NCC(F)(F)F)nc2-c2cccc(-c3cccnc3)c2)CN1[S@](=O)C(C)(C)C.CCC[C@@H]1c2c(cc(C(=O)OCC)nc2-c2cccc(-c3cccnc3)c2)CN1[S@](=O)C(C)(C)C.NCC(F)(F)F. The number of ether oxygens (including phenoxy) is 1. The van der Waals surface area contributed by atoms with Crippen molar-refractivity contribution in [2.75, 3.05) is 19.7 Å². The molecule has 424 valence electrons. The first-order valence-corrected chi connectivity index (χ1v) is 28.2. The highest BCUT2D eigenvalue weighted by Gasteiger charge is 2.42. The number of halogens is 6. The minimum atomic E-state index is -4.54. The minimum absolute atomic E-state index is 0.0455. The molecule has 2 aromatic carbocycles. The Morgan fingerprint density at radius 1 is 0.620 bits per heavy atom. The smallest absolute Gasteiger partial charge is 0.405 e. The molecule has 8 rings (SSSR count). The van der Waals surface area contributed by atoms with E-state index in [0.717, 1.165) is 80.6 Å². The number of pyridine rings is 4. The molecule has 0 saturated heterocycles. The maximum atomic E-state index is 13.5. The Balaban J connectivity index is 0.000000232. The van der Waals surface area contributed by atoms with E-state index in [0.29, 0.717) is 25.2 Å². The summed E-state index contributed by atoms with van der Waals surface area (Å²) in [6.07, 6.45) is 1.62. The molecule has 21 heteroatoms. The minimum Gasteiger partial charge on any atom is -0.461 e. The fraction of sp³-hybridized carbons (Fsp3) is 0.414. The fourth-order valence-corrected chi connectivity index (χ4v) is 11.9. The van der Waals surface area contributed by atoms with Crippen molar-refractivity contribution in [3.63, 3.8) is 0 Å². The van der Waals surface area contributed by atoms with Crippen LogP contribution in [0.1, 0.15) is 143 Å². The first kappa shape index (κ1) is 61.9. The van der Waals surface area contributed by atoms with E-state index < -0.39 is 68.8 Å². The third kappa shape index (κ3) is 16.0. The number of alkyl halides is 6. The van der Waals surface area contributed by atoms with E-state index in [1.165, 1.54) is 6.07 Å². The molecule has 0 fully saturated rings. The molecule has 1 amide bonds. The number of benzene rings is 2. The molecule has 3 N–H and O–H groups in total. The topological polar surface area (TPSA) is 174 Å². The summed E-state index contributed by atoms with van der Waals surface area (Å²) in [6, 6.07) is 26.6. The number of esters is 1. The zero-order valence-corrected chi connectivity index (χ0v) is 47.4. The van der Waals surface area contributed by atoms with Crippen molar-refractivity contribution >= 4 is 33.8 Å². The molecule has 6 aromatic rings. The van der Waals surface area contributed by atoms with Gasteiger partial charge in [0, 0.05) is 71.3 Å². The van der Waals surface area contributed by atoms with E-state index in [4.69, 9.17) is 9.72 Å². The fourth-order valence-electron chi connectivity index (χ4n) is 9.14. The lowest BCUT2D eigenvalue weighted by Gasteiger charge is -2.30. The molecule has 0 radical (unpaired) electrons. The third-order valence-electron chi connectivity index (χ3n) is 12.6. The van der Waals surface area contributed by atoms with Crippen LogP contribution in [0, 0.1) is 0 Å². The molecular formula is C58H68F6N8O5S2. The maximum absolute atomic E-state index is 13.5. The molecule has 0 bridgehead atoms. The van der Waals surface area contributed by atoms with E-state index >= 15 is 0 Å². The number of carbonyl (C=O) groups is 2. The molecule has 2 aliphatic heterocycles. The molecule has 4 atom stereocenters. The highest BCUT2D eigenvalue weighted by Crippen LogP contribution is 2.47. The summed E-state index contributed by atoms with van der Waals surface area (Å²) in [5.74, 6) is -1.35. The summed E-state index contributed by atoms with van der Waals surface area (Å²) >= 11 is 0. The second kappa shape index (κ2) is 26.3. The van der Waals surface area contributed by atoms with Gasteiger partial charge in [-0.3, -0.25) is 14.8 Å². The quantitative estimate of drug-likeness (QED) is 0.0789. The first-order valence-electron chi connectivity index (χ1n) is 25.9. The van der Waals surface area contributed by atoms with Gasteiger partial charge in [-0.2, -0.15) is 26.3 Å². The largest absolute Gasteiger partial charge is 0.461 e. The first-order chi connectivity index (χ1) is 37.2. The summed E-state index contributed by atoms with van der Waals surface area (Å²) in [5.41, 5.74) is 14.7. The van der Waals surface area contributed by atoms with Crippen LogP contribution in [0.15, 0.2) is 110 Å². The van der Waals surface area contributed by atoms with Gasteiger partial charge in [0.05, 0.1) is 46.1 Å². The summed E-state index contributed by atoms with van der Waals surface area (Å²) in [7, 11) is -2.56. The second-order valence-electron chi connectivity index (χ2n) is 20.8. The standard InChI is InChI=1S/C28H31F3N4O2S.C28H33N3O3S.C2H4F3N/c1-5-8-23-24-21(16-35(23)38(37)27(2,3)4)14-22(26(36)33-17-28(29,30)31)34-25(24)19-10-6-9-18(13-19)20-11-7-12-32-15-20;1-6-10-24-25-22(18-31(24)35(33)28(3,4)5)16-23(27(32)34-7-2)30-26(25)20-12-8-11-19(15-20)21-13-9-14-29-17-21;3-2(4,5)1-6/h6-7,9-15,23H,5,8,16-17H2,1-4H3,(H,33,36);8-9,11-17,24H,6-7,10,18H2,1-5H3;1,6H2/t23-,38-;24-,35-;/m11./s1. The van der Waals surface area contributed by atoms with Gasteiger partial charge < -0.3 is 15.8 Å². The number of hydrogen-bond acceptors (Lipinski definition) is 10. The Morgan fingerprint density at radius 2 is 1.03 bits per heavy atom. The molecule has 0 aliphatic carbocycles. The van der Waals surface area contributed by atoms with Crippen LogP contribution in [-0.2, 0) is 39.8 Å². The lowest BCUT2D eigenvalue weighted by molar-refractivity contribution is -0.123. The number of rotatable bonds is 14. The Labute approximate surface area is 463 Å². The van der Waals surface area contributed by atoms with Crippen molar-refractivity contribution in [1.82, 2.24) is 33.9 Å². The summed E-state index contributed by atoms with van der Waals surface area (Å²) in [4.78, 5) is 43.4. The van der Waals surface area contributed by atoms with Crippen LogP contribution in [0.3, 0.4) is 0 Å². The number of nitrogens with two attached hydrogens (primary N) is 1. The number of aromatic nitrogens is 4. The average Bonchev–Trinajstić information content (AvgIpc) is 4.20. The summed E-state index contributed by atoms with van der Waals surface area (Å²) in [6.45, 7) is 16.1. The molecule has 2 aliphatic rings. The van der Waals surface area contributed by atoms with Crippen LogP contribution in [0.25, 0.3) is 44.8 Å². The van der Waals surface area contributed by atoms with Gasteiger partial charge in [-0.25, -0.2) is 31.8 Å². The van der Waals surface area contributed by atoms with Crippen molar-refractivity contribution in [3.8, 4) is 44.8 Å². The highest BCUT2D eigenvalue weighted by molar-refractivity contribution is 7.84. The monoisotopic (exact) mass is 1130 g/mol. The van der Waals surface area contributed by atoms with Gasteiger partial charge in [0.15, 0.2) is 0 Å². The zero-order chi connectivity index (χ0) is 58.0. The summed E-state index contributed by atoms with van der Waals surface area (Å²) < 4.78 is 106. The van der Waals surface area contributed by atoms with E-state index in [1.807, 2.05) is 137 Å². The molecule has 6 heterocycles. The molecule has 79 heavy (non-hydrogen) atoms. The van der Waals surface area contributed by atoms with Crippen LogP contribution in [0.2, 0.25) is 0 Å². The lowest BCUT2D eigenvalue weighted by atomic mass is 9.93. The number of carbonyl (C=O) groups excluding carboxylic acids is 2. The number of fused-ring (bicyclic) bond motifs is 2. The van der Waals surface area contributed by atoms with Crippen LogP contribution >= 0.6 is 0 Å². The number of nitrogens with zero attached hydrogens (tertiary/aromatic N) is 6. The normalized spacial score (nSPS) is 16.4. The molecule has 0 spiro atoms. The Hall–Kier alpha value is -6.26. The lowest BCUT2D eigenvalue weighted by Crippen LogP contribution is -2.36. The van der Waals surface area contributed by atoms with E-state index in [9.17, 15) is 44.3 Å². The van der Waals surface area contributed by atoms with E-state index in [2.05, 4.69) is 38.0 Å². The molecular weight excluding hydrogens is 1070 g/mol. The number of amides is 1. The van der Waals surface area contributed by atoms with Gasteiger partial charge in [-0.05, 0) is 120 Å². The van der Waals surface area contributed by atoms with Gasteiger partial charge in [-0.1, -0.05) is 75.2 Å². The van der Waals surface area contributed by atoms with Crippen LogP contribution in [0.4, 0.5) is 26.3 Å². The van der Waals surface area contributed by atoms with E-state index in [1.54, 1.807) is 25.5 Å². The van der Waals surface area contributed by atoms with Gasteiger partial charge in [0.2, 0.25) is 0 Å². The van der Waals surface area contributed by atoms with Crippen molar-refractivity contribution in [2.24, 2.45) is 5.73 Å². The van der Waals surface area contributed by atoms with Crippen LogP contribution in [0.5, 0.6) is 0 Å². The van der Waals surface area contributed by atoms with Gasteiger partial charge in [-0.15, -0.1) is 0 Å². The predicted octanol–water partition coefficient (Wildman–Crippen LogP) is 12.8. The molecule has 4 aromatic heterocycles. The van der Waals surface area contributed by atoms with Crippen molar-refractivity contribution in [1.29, 1.82) is 0 Å². The summed E-state index contributed by atoms with van der Waals surface area (Å²) in [5, 5.41) is 1.93. The highest BCUT2D eigenvalue weighted by atomic mass is 32.2. The Bertz CT molecular complexity index is 3120. The van der Waals surface area contributed by atoms with Crippen LogP contribution < -0.4 is 11.1 Å². The van der Waals surface area contributed by atoms with Gasteiger partial charge in [0.1, 0.15) is 39.9 Å². The Kier molecular flexibility index (Phi) is 20.7. The predicted molar refractivity (Wildman–Crippen MR) is 297 cm³/mol. The van der Waals surface area contributed by atoms with E-state index in [-0.39, 0.29) is 30.1 Å². The Morgan fingerprint density at radius 3 is 1.39 bits per heavy atom. The van der Waals surface area contributed by atoms with Crippen molar-refractivity contribution in [2.45, 2.75) is 135 Å². The maximum Gasteiger partial charge on any atom is 0.405 e. The average molecular weight is 1140 g/mol. The van der Waals surface area contributed by atoms with Crippen LogP contribution in [-0.4, -0.2) is 90.4 Å². The second-order valence-corrected chi connectivity index (χ2v) is 25.2. The number of nitrogens with one attached hydrogen (secondary N) is 1. The molecule has 0 saturated carbocycles. The van der Waals surface area contributed by atoms with Gasteiger partial charge in [0.25, 0.3) is 5.91 Å². The van der Waals surface area contributed by atoms with Crippen molar-refractivity contribution in [3.05, 3.63) is 143 Å². The molecule has 0 unspecified atom stereocenters. The zero-order valence-electron chi connectivity index (χ0n) is 45.8. The van der Waals surface area contributed by atoms with Crippen molar-refractivity contribution < 1.29 is 49.1 Å². The van der Waals surface area contributed by atoms with Gasteiger partial charge >= 0.3 is 18.3 Å². The molecule has 13 nitrogen and oxygen atoms in total.